The standard InChI is InChI=1S/C12H26N4/c1-11(10-13)15-6-8-16(9-7-15)12-2-4-14-5-3-12/h11-12,14H,2-10,13H2,1H3. The molecule has 0 amide bonds. The van der Waals surface area contributed by atoms with Gasteiger partial charge in [-0.15, -0.1) is 0 Å². The van der Waals surface area contributed by atoms with Gasteiger partial charge in [-0.25, -0.2) is 0 Å². The van der Waals surface area contributed by atoms with Crippen molar-refractivity contribution in [3.05, 3.63) is 0 Å². The van der Waals surface area contributed by atoms with Gasteiger partial charge in [0.25, 0.3) is 0 Å². The molecule has 2 fully saturated rings. The van der Waals surface area contributed by atoms with Gasteiger partial charge in [-0.05, 0) is 32.9 Å². The summed E-state index contributed by atoms with van der Waals surface area (Å²) in [5, 5.41) is 3.44. The molecule has 0 aromatic rings. The highest BCUT2D eigenvalue weighted by molar-refractivity contribution is 4.83. The molecule has 0 bridgehead atoms. The van der Waals surface area contributed by atoms with Crippen LogP contribution in [-0.2, 0) is 0 Å². The molecule has 2 heterocycles. The molecule has 3 N–H and O–H groups in total. The van der Waals surface area contributed by atoms with Crippen LogP contribution in [-0.4, -0.2) is 67.7 Å². The van der Waals surface area contributed by atoms with Crippen LogP contribution in [0, 0.1) is 0 Å². The highest BCUT2D eigenvalue weighted by Crippen LogP contribution is 2.15. The lowest BCUT2D eigenvalue weighted by molar-refractivity contribution is 0.0647. The molecular formula is C12H26N4. The SMILES string of the molecule is CC(CN)N1CCN(C2CCNCC2)CC1. The molecule has 1 atom stereocenters. The fourth-order valence-corrected chi connectivity index (χ4v) is 2.86. The first-order valence-electron chi connectivity index (χ1n) is 6.70. The molecular weight excluding hydrogens is 200 g/mol. The Morgan fingerprint density at radius 3 is 2.38 bits per heavy atom. The summed E-state index contributed by atoms with van der Waals surface area (Å²) >= 11 is 0. The Labute approximate surface area is 99.2 Å². The maximum atomic E-state index is 5.72. The Hall–Kier alpha value is -0.160. The number of piperazine rings is 1. The van der Waals surface area contributed by atoms with E-state index >= 15 is 0 Å². The van der Waals surface area contributed by atoms with E-state index in [0.29, 0.717) is 6.04 Å². The first kappa shape index (κ1) is 12.3. The van der Waals surface area contributed by atoms with E-state index in [9.17, 15) is 0 Å². The summed E-state index contributed by atoms with van der Waals surface area (Å²) in [7, 11) is 0. The molecule has 0 spiro atoms. The molecule has 0 aromatic heterocycles. The van der Waals surface area contributed by atoms with E-state index in [2.05, 4.69) is 22.0 Å². The van der Waals surface area contributed by atoms with E-state index < -0.39 is 0 Å². The van der Waals surface area contributed by atoms with Gasteiger partial charge in [-0.1, -0.05) is 0 Å². The van der Waals surface area contributed by atoms with E-state index in [1.165, 1.54) is 52.1 Å². The van der Waals surface area contributed by atoms with Crippen molar-refractivity contribution in [3.63, 3.8) is 0 Å². The Morgan fingerprint density at radius 1 is 1.19 bits per heavy atom. The lowest BCUT2D eigenvalue weighted by atomic mass is 10.0. The third kappa shape index (κ3) is 2.94. The van der Waals surface area contributed by atoms with Crippen LogP contribution in [0.3, 0.4) is 0 Å². The fourth-order valence-electron chi connectivity index (χ4n) is 2.86. The zero-order valence-electron chi connectivity index (χ0n) is 10.5. The molecule has 1 unspecified atom stereocenters. The molecule has 0 aromatic carbocycles. The molecule has 2 rings (SSSR count). The molecule has 0 saturated carbocycles. The zero-order valence-corrected chi connectivity index (χ0v) is 10.5. The molecule has 4 nitrogen and oxygen atoms in total. The fraction of sp³-hybridized carbons (Fsp3) is 1.00. The van der Waals surface area contributed by atoms with Gasteiger partial charge in [-0.2, -0.15) is 0 Å². The van der Waals surface area contributed by atoms with Crippen LogP contribution >= 0.6 is 0 Å². The predicted molar refractivity (Wildman–Crippen MR) is 67.6 cm³/mol. The van der Waals surface area contributed by atoms with Gasteiger partial charge in [0.2, 0.25) is 0 Å². The minimum Gasteiger partial charge on any atom is -0.329 e. The van der Waals surface area contributed by atoms with E-state index in [1.54, 1.807) is 0 Å². The van der Waals surface area contributed by atoms with Crippen molar-refractivity contribution in [1.82, 2.24) is 15.1 Å². The molecule has 2 aliphatic heterocycles. The molecule has 4 heteroatoms. The molecule has 16 heavy (non-hydrogen) atoms. The van der Waals surface area contributed by atoms with Gasteiger partial charge >= 0.3 is 0 Å². The number of nitrogens with zero attached hydrogens (tertiary/aromatic N) is 2. The summed E-state index contributed by atoms with van der Waals surface area (Å²) in [5.41, 5.74) is 5.72. The van der Waals surface area contributed by atoms with Crippen molar-refractivity contribution in [1.29, 1.82) is 0 Å². The Kier molecular flexibility index (Phi) is 4.58. The van der Waals surface area contributed by atoms with Crippen molar-refractivity contribution >= 4 is 0 Å². The topological polar surface area (TPSA) is 44.5 Å². The van der Waals surface area contributed by atoms with Gasteiger partial charge in [-0.3, -0.25) is 9.80 Å². The molecule has 0 aliphatic carbocycles. The number of rotatable bonds is 3. The number of piperidine rings is 1. The average Bonchev–Trinajstić information content (AvgIpc) is 2.39. The maximum Gasteiger partial charge on any atom is 0.0191 e. The summed E-state index contributed by atoms with van der Waals surface area (Å²) < 4.78 is 0. The summed E-state index contributed by atoms with van der Waals surface area (Å²) in [6, 6.07) is 1.38. The van der Waals surface area contributed by atoms with Gasteiger partial charge in [0.15, 0.2) is 0 Å². The third-order valence-corrected chi connectivity index (χ3v) is 4.14. The highest BCUT2D eigenvalue weighted by Gasteiger charge is 2.26. The predicted octanol–water partition coefficient (Wildman–Crippen LogP) is -0.297. The van der Waals surface area contributed by atoms with Crippen molar-refractivity contribution in [3.8, 4) is 0 Å². The minimum atomic E-state index is 0.551. The van der Waals surface area contributed by atoms with Crippen LogP contribution in [0.4, 0.5) is 0 Å². The third-order valence-electron chi connectivity index (χ3n) is 4.14. The lowest BCUT2D eigenvalue weighted by Gasteiger charge is -2.42. The van der Waals surface area contributed by atoms with Crippen LogP contribution in [0.2, 0.25) is 0 Å². The van der Waals surface area contributed by atoms with Crippen molar-refractivity contribution in [2.45, 2.75) is 31.8 Å². The Balaban J connectivity index is 1.75. The van der Waals surface area contributed by atoms with Crippen LogP contribution in [0.15, 0.2) is 0 Å². The first-order valence-corrected chi connectivity index (χ1v) is 6.70. The molecule has 2 aliphatic rings. The second-order valence-electron chi connectivity index (χ2n) is 5.14. The quantitative estimate of drug-likeness (QED) is 0.694. The maximum absolute atomic E-state index is 5.72. The second kappa shape index (κ2) is 5.96. The smallest absolute Gasteiger partial charge is 0.0191 e. The van der Waals surface area contributed by atoms with Crippen molar-refractivity contribution in [2.75, 3.05) is 45.8 Å². The molecule has 2 saturated heterocycles. The Bertz CT molecular complexity index is 195. The second-order valence-corrected chi connectivity index (χ2v) is 5.14. The summed E-state index contributed by atoms with van der Waals surface area (Å²) in [6.45, 7) is 10.3. The minimum absolute atomic E-state index is 0.551. The lowest BCUT2D eigenvalue weighted by Crippen LogP contribution is -2.55. The van der Waals surface area contributed by atoms with Gasteiger partial charge in [0.1, 0.15) is 0 Å². The summed E-state index contributed by atoms with van der Waals surface area (Å²) in [6.07, 6.45) is 2.65. The number of hydrogen-bond acceptors (Lipinski definition) is 4. The van der Waals surface area contributed by atoms with Gasteiger partial charge < -0.3 is 11.1 Å². The molecule has 0 radical (unpaired) electrons. The van der Waals surface area contributed by atoms with Gasteiger partial charge in [0, 0.05) is 44.8 Å². The van der Waals surface area contributed by atoms with Crippen molar-refractivity contribution in [2.24, 2.45) is 5.73 Å². The van der Waals surface area contributed by atoms with E-state index in [1.807, 2.05) is 0 Å². The van der Waals surface area contributed by atoms with Crippen LogP contribution in [0.1, 0.15) is 19.8 Å². The largest absolute Gasteiger partial charge is 0.329 e. The molecule has 94 valence electrons. The summed E-state index contributed by atoms with van der Waals surface area (Å²) in [5.74, 6) is 0. The summed E-state index contributed by atoms with van der Waals surface area (Å²) in [4.78, 5) is 5.21. The number of hydrogen-bond donors (Lipinski definition) is 2. The monoisotopic (exact) mass is 226 g/mol. The average molecular weight is 226 g/mol. The van der Waals surface area contributed by atoms with Gasteiger partial charge in [0.05, 0.1) is 0 Å². The normalized spacial score (nSPS) is 28.1. The first-order chi connectivity index (χ1) is 7.81. The van der Waals surface area contributed by atoms with E-state index in [0.717, 1.165) is 12.6 Å². The number of nitrogens with one attached hydrogen (secondary N) is 1. The van der Waals surface area contributed by atoms with E-state index in [4.69, 9.17) is 5.73 Å². The van der Waals surface area contributed by atoms with Crippen LogP contribution < -0.4 is 11.1 Å². The zero-order chi connectivity index (χ0) is 11.4. The highest BCUT2D eigenvalue weighted by atomic mass is 15.3. The van der Waals surface area contributed by atoms with Crippen molar-refractivity contribution < 1.29 is 0 Å². The van der Waals surface area contributed by atoms with Crippen LogP contribution in [0.25, 0.3) is 0 Å². The van der Waals surface area contributed by atoms with E-state index in [-0.39, 0.29) is 0 Å². The van der Waals surface area contributed by atoms with Crippen LogP contribution in [0.5, 0.6) is 0 Å². The Morgan fingerprint density at radius 2 is 1.81 bits per heavy atom. The number of nitrogens with two attached hydrogens (primary N) is 1.